The summed E-state index contributed by atoms with van der Waals surface area (Å²) in [5.41, 5.74) is 4.39. The largest absolute Gasteiger partial charge is 0.465 e. The number of carbonyl (C=O) groups is 1. The number of imidazole rings is 1. The fourth-order valence-corrected chi connectivity index (χ4v) is 3.65. The van der Waals surface area contributed by atoms with E-state index in [1.807, 2.05) is 31.3 Å². The predicted octanol–water partition coefficient (Wildman–Crippen LogP) is 5.56. The number of anilines is 1. The highest BCUT2D eigenvalue weighted by atomic mass is 79.9. The first kappa shape index (κ1) is 18.7. The fourth-order valence-electron chi connectivity index (χ4n) is 3.42. The Kier molecular flexibility index (Phi) is 5.17. The number of aryl methyl sites for hydroxylation is 1. The number of halogens is 1. The van der Waals surface area contributed by atoms with Crippen LogP contribution in [0.25, 0.3) is 11.3 Å². The molecule has 2 aromatic heterocycles. The van der Waals surface area contributed by atoms with Crippen LogP contribution in [-0.2, 0) is 0 Å². The molecule has 1 unspecified atom stereocenters. The summed E-state index contributed by atoms with van der Waals surface area (Å²) in [5.74, 6) is 1.81. The Morgan fingerprint density at radius 1 is 1.29 bits per heavy atom. The van der Waals surface area contributed by atoms with E-state index in [2.05, 4.69) is 37.3 Å². The summed E-state index contributed by atoms with van der Waals surface area (Å²) >= 11 is 3.45. The molecule has 3 N–H and O–H groups in total. The van der Waals surface area contributed by atoms with Gasteiger partial charge in [-0.15, -0.1) is 0 Å². The summed E-state index contributed by atoms with van der Waals surface area (Å²) in [6.07, 6.45) is 4.36. The molecule has 1 aromatic carbocycles. The number of nitrogens with one attached hydrogen (secondary N) is 2. The smallest absolute Gasteiger partial charge is 0.409 e. The van der Waals surface area contributed by atoms with Crippen molar-refractivity contribution in [3.63, 3.8) is 0 Å². The van der Waals surface area contributed by atoms with Crippen LogP contribution in [0.4, 0.5) is 10.5 Å². The second kappa shape index (κ2) is 7.75. The molecule has 1 amide bonds. The van der Waals surface area contributed by atoms with Crippen LogP contribution < -0.4 is 5.32 Å². The number of aromatic amines is 1. The minimum atomic E-state index is -1.07. The van der Waals surface area contributed by atoms with Gasteiger partial charge >= 0.3 is 6.09 Å². The van der Waals surface area contributed by atoms with Crippen molar-refractivity contribution in [2.24, 2.45) is 5.92 Å². The Bertz CT molecular complexity index is 979. The molecule has 0 saturated heterocycles. The van der Waals surface area contributed by atoms with Gasteiger partial charge < -0.3 is 10.1 Å². The number of H-pyrrole nitrogens is 1. The maximum Gasteiger partial charge on any atom is 0.409 e. The van der Waals surface area contributed by atoms with Crippen LogP contribution in [0.1, 0.15) is 42.4 Å². The topological polar surface area (TPSA) is 90.9 Å². The van der Waals surface area contributed by atoms with Gasteiger partial charge in [-0.2, -0.15) is 0 Å². The molecule has 1 aliphatic carbocycles. The van der Waals surface area contributed by atoms with Crippen molar-refractivity contribution in [1.29, 1.82) is 0 Å². The van der Waals surface area contributed by atoms with Crippen LogP contribution in [-0.4, -0.2) is 26.2 Å². The first-order valence-corrected chi connectivity index (χ1v) is 10.1. The number of nitrogens with zero attached hydrogens (tertiary/aromatic N) is 2. The lowest BCUT2D eigenvalue weighted by Gasteiger charge is -2.14. The van der Waals surface area contributed by atoms with E-state index in [9.17, 15) is 4.79 Å². The zero-order valence-corrected chi connectivity index (χ0v) is 17.0. The Morgan fingerprint density at radius 2 is 2.04 bits per heavy atom. The van der Waals surface area contributed by atoms with Gasteiger partial charge in [0.25, 0.3) is 0 Å². The molecule has 1 fully saturated rings. The van der Waals surface area contributed by atoms with E-state index in [-0.39, 0.29) is 5.92 Å². The monoisotopic (exact) mass is 440 g/mol. The van der Waals surface area contributed by atoms with Gasteiger partial charge in [0.2, 0.25) is 0 Å². The molecule has 0 spiro atoms. The third-order valence-electron chi connectivity index (χ3n) is 5.02. The molecule has 2 heterocycles. The quantitative estimate of drug-likeness (QED) is 0.467. The van der Waals surface area contributed by atoms with Crippen molar-refractivity contribution >= 4 is 27.7 Å². The van der Waals surface area contributed by atoms with Gasteiger partial charge in [-0.3, -0.25) is 10.3 Å². The Hall–Kier alpha value is -2.67. The van der Waals surface area contributed by atoms with Crippen molar-refractivity contribution in [3.05, 3.63) is 64.3 Å². The molecule has 3 aromatic rings. The van der Waals surface area contributed by atoms with E-state index >= 15 is 0 Å². The Labute approximate surface area is 171 Å². The normalized spacial score (nSPS) is 14.6. The number of hydrogen-bond donors (Lipinski definition) is 3. The molecule has 0 aliphatic heterocycles. The van der Waals surface area contributed by atoms with Gasteiger partial charge in [0.1, 0.15) is 5.82 Å². The highest BCUT2D eigenvalue weighted by molar-refractivity contribution is 9.10. The van der Waals surface area contributed by atoms with Crippen LogP contribution in [0, 0.1) is 12.8 Å². The summed E-state index contributed by atoms with van der Waals surface area (Å²) in [4.78, 5) is 23.8. The summed E-state index contributed by atoms with van der Waals surface area (Å²) in [7, 11) is 0. The van der Waals surface area contributed by atoms with Gasteiger partial charge in [0.15, 0.2) is 0 Å². The van der Waals surface area contributed by atoms with Gasteiger partial charge in [-0.1, -0.05) is 25.0 Å². The van der Waals surface area contributed by atoms with Crippen LogP contribution in [0.2, 0.25) is 0 Å². The lowest BCUT2D eigenvalue weighted by atomic mass is 9.97. The van der Waals surface area contributed by atoms with Crippen molar-refractivity contribution in [2.45, 2.75) is 32.1 Å². The molecule has 144 valence electrons. The van der Waals surface area contributed by atoms with Gasteiger partial charge in [0, 0.05) is 27.6 Å². The van der Waals surface area contributed by atoms with E-state index in [4.69, 9.17) is 10.1 Å². The third-order valence-corrected chi connectivity index (χ3v) is 5.49. The maximum atomic E-state index is 10.8. The number of hydrogen-bond acceptors (Lipinski definition) is 3. The summed E-state index contributed by atoms with van der Waals surface area (Å²) in [6.45, 7) is 2.01. The van der Waals surface area contributed by atoms with Gasteiger partial charge in [0.05, 0.1) is 17.3 Å². The fraction of sp³-hybridized carbons (Fsp3) is 0.286. The van der Waals surface area contributed by atoms with Crippen molar-refractivity contribution < 1.29 is 9.90 Å². The average molecular weight is 441 g/mol. The molecule has 0 radical (unpaired) electrons. The zero-order valence-electron chi connectivity index (χ0n) is 15.4. The molecular formula is C21H21BrN4O2. The maximum absolute atomic E-state index is 10.8. The summed E-state index contributed by atoms with van der Waals surface area (Å²) in [5, 5.41) is 11.2. The number of pyridine rings is 1. The second-order valence-electron chi connectivity index (χ2n) is 7.24. The molecule has 28 heavy (non-hydrogen) atoms. The highest BCUT2D eigenvalue weighted by Crippen LogP contribution is 2.41. The van der Waals surface area contributed by atoms with E-state index in [1.54, 1.807) is 12.1 Å². The molecule has 7 heteroatoms. The van der Waals surface area contributed by atoms with Crippen LogP contribution >= 0.6 is 15.9 Å². The molecule has 1 atom stereocenters. The van der Waals surface area contributed by atoms with Gasteiger partial charge in [-0.05, 0) is 59.5 Å². The van der Waals surface area contributed by atoms with Crippen molar-refractivity contribution in [3.8, 4) is 11.3 Å². The average Bonchev–Trinajstić information content (AvgIpc) is 3.41. The van der Waals surface area contributed by atoms with Crippen molar-refractivity contribution in [2.75, 3.05) is 5.32 Å². The van der Waals surface area contributed by atoms with Crippen LogP contribution in [0.15, 0.2) is 47.1 Å². The third kappa shape index (κ3) is 4.25. The number of amides is 1. The van der Waals surface area contributed by atoms with Crippen LogP contribution in [0.3, 0.4) is 0 Å². The lowest BCUT2D eigenvalue weighted by Crippen LogP contribution is -2.07. The minimum absolute atomic E-state index is 0.140. The SMILES string of the molecule is Cc1[nH]c(C(CC2CC2)c2ccc(Br)cn2)nc1-c1ccc(NC(=O)O)cc1. The molecule has 4 rings (SSSR count). The minimum Gasteiger partial charge on any atom is -0.465 e. The summed E-state index contributed by atoms with van der Waals surface area (Å²) in [6, 6.07) is 11.3. The predicted molar refractivity (Wildman–Crippen MR) is 112 cm³/mol. The summed E-state index contributed by atoms with van der Waals surface area (Å²) < 4.78 is 0.966. The molecular weight excluding hydrogens is 420 g/mol. The first-order valence-electron chi connectivity index (χ1n) is 9.28. The molecule has 6 nitrogen and oxygen atoms in total. The zero-order chi connectivity index (χ0) is 19.7. The van der Waals surface area contributed by atoms with E-state index in [0.717, 1.165) is 45.3 Å². The Morgan fingerprint density at radius 3 is 2.64 bits per heavy atom. The standard InChI is InChI=1S/C21H21BrN4O2/c1-12-19(14-4-7-16(8-5-14)25-21(27)28)26-20(24-12)17(10-13-2-3-13)18-9-6-15(22)11-23-18/h4-9,11,13,17,25H,2-3,10H2,1H3,(H,24,26)(H,27,28). The molecule has 1 aliphatic rings. The Balaban J connectivity index is 1.64. The van der Waals surface area contributed by atoms with E-state index in [0.29, 0.717) is 5.69 Å². The number of aromatic nitrogens is 3. The highest BCUT2D eigenvalue weighted by Gasteiger charge is 2.30. The van der Waals surface area contributed by atoms with E-state index in [1.165, 1.54) is 12.8 Å². The van der Waals surface area contributed by atoms with Gasteiger partial charge in [-0.25, -0.2) is 9.78 Å². The number of benzene rings is 1. The van der Waals surface area contributed by atoms with Crippen molar-refractivity contribution in [1.82, 2.24) is 15.0 Å². The van der Waals surface area contributed by atoms with Crippen LogP contribution in [0.5, 0.6) is 0 Å². The molecule has 0 bridgehead atoms. The number of rotatable bonds is 6. The first-order chi connectivity index (χ1) is 13.5. The second-order valence-corrected chi connectivity index (χ2v) is 8.15. The lowest BCUT2D eigenvalue weighted by molar-refractivity contribution is 0.210. The van der Waals surface area contributed by atoms with E-state index < -0.39 is 6.09 Å². The molecule has 1 saturated carbocycles. The number of carboxylic acid groups (broad SMARTS) is 1.